The van der Waals surface area contributed by atoms with Crippen molar-refractivity contribution in [2.75, 3.05) is 5.32 Å². The van der Waals surface area contributed by atoms with E-state index >= 15 is 0 Å². The largest absolute Gasteiger partial charge is 0.417 e. The highest BCUT2D eigenvalue weighted by atomic mass is 19.4. The third-order valence-electron chi connectivity index (χ3n) is 3.84. The molecule has 0 unspecified atom stereocenters. The lowest BCUT2D eigenvalue weighted by atomic mass is 10.1. The number of amides is 1. The van der Waals surface area contributed by atoms with Crippen LogP contribution in [0.25, 0.3) is 5.95 Å². The van der Waals surface area contributed by atoms with Gasteiger partial charge in [0.2, 0.25) is 5.95 Å². The number of hydrogen-bond acceptors (Lipinski definition) is 4. The van der Waals surface area contributed by atoms with Gasteiger partial charge in [0.05, 0.1) is 34.9 Å². The van der Waals surface area contributed by atoms with Gasteiger partial charge in [-0.3, -0.25) is 9.36 Å². The normalized spacial score (nSPS) is 11.4. The average Bonchev–Trinajstić information content (AvgIpc) is 2.94. The Kier molecular flexibility index (Phi) is 4.45. The first-order valence-corrected chi connectivity index (χ1v) is 7.58. The zero-order valence-corrected chi connectivity index (χ0v) is 13.9. The minimum Gasteiger partial charge on any atom is -0.319 e. The summed E-state index contributed by atoms with van der Waals surface area (Å²) in [5.74, 6) is -0.541. The topological polar surface area (TPSA) is 72.7 Å². The molecule has 0 saturated heterocycles. The summed E-state index contributed by atoms with van der Waals surface area (Å²) in [5.41, 5.74) is 0.408. The van der Waals surface area contributed by atoms with Gasteiger partial charge in [-0.05, 0) is 26.0 Å². The Hall–Kier alpha value is -3.23. The minimum atomic E-state index is -4.62. The third kappa shape index (κ3) is 3.41. The molecule has 0 aliphatic carbocycles. The van der Waals surface area contributed by atoms with Crippen LogP contribution in [0.5, 0.6) is 0 Å². The SMILES string of the molecule is Cc1ncn(-c2ncc(NC(=O)c3ccccc3C(F)(F)F)cn2)c1C. The number of aromatic nitrogens is 4. The van der Waals surface area contributed by atoms with E-state index in [1.54, 1.807) is 10.9 Å². The molecule has 0 aliphatic rings. The number of rotatable bonds is 3. The van der Waals surface area contributed by atoms with Crippen molar-refractivity contribution in [3.05, 3.63) is 65.5 Å². The number of nitrogens with one attached hydrogen (secondary N) is 1. The molecule has 1 N–H and O–H groups in total. The Morgan fingerprint density at radius 3 is 2.31 bits per heavy atom. The number of nitrogens with zero attached hydrogens (tertiary/aromatic N) is 4. The van der Waals surface area contributed by atoms with Crippen LogP contribution < -0.4 is 5.32 Å². The van der Waals surface area contributed by atoms with E-state index in [1.165, 1.54) is 24.5 Å². The number of hydrogen-bond donors (Lipinski definition) is 1. The van der Waals surface area contributed by atoms with Crippen LogP contribution in [0.4, 0.5) is 18.9 Å². The Balaban J connectivity index is 1.82. The molecule has 0 atom stereocenters. The first-order valence-electron chi connectivity index (χ1n) is 7.58. The fourth-order valence-electron chi connectivity index (χ4n) is 2.34. The molecule has 9 heteroatoms. The zero-order valence-electron chi connectivity index (χ0n) is 13.9. The van der Waals surface area contributed by atoms with Crippen molar-refractivity contribution < 1.29 is 18.0 Å². The van der Waals surface area contributed by atoms with Crippen molar-refractivity contribution in [3.8, 4) is 5.95 Å². The summed E-state index contributed by atoms with van der Waals surface area (Å²) in [6.07, 6.45) is -0.403. The molecule has 134 valence electrons. The van der Waals surface area contributed by atoms with Gasteiger partial charge in [0, 0.05) is 5.69 Å². The number of halogens is 3. The molecule has 2 aromatic heterocycles. The molecule has 2 heterocycles. The van der Waals surface area contributed by atoms with E-state index in [9.17, 15) is 18.0 Å². The molecule has 26 heavy (non-hydrogen) atoms. The van der Waals surface area contributed by atoms with Gasteiger partial charge in [-0.1, -0.05) is 12.1 Å². The lowest BCUT2D eigenvalue weighted by molar-refractivity contribution is -0.137. The average molecular weight is 361 g/mol. The van der Waals surface area contributed by atoms with E-state index in [-0.39, 0.29) is 5.69 Å². The molecule has 6 nitrogen and oxygen atoms in total. The first kappa shape index (κ1) is 17.6. The Morgan fingerprint density at radius 1 is 1.08 bits per heavy atom. The number of carbonyl (C=O) groups is 1. The van der Waals surface area contributed by atoms with E-state index in [0.29, 0.717) is 5.95 Å². The standard InChI is InChI=1S/C17H14F3N5O/c1-10-11(2)25(9-23-10)16-21-7-12(8-22-16)24-15(26)13-5-3-4-6-14(13)17(18,19)20/h3-9H,1-2H3,(H,24,26). The maximum Gasteiger partial charge on any atom is 0.417 e. The fraction of sp³-hybridized carbons (Fsp3) is 0.176. The summed E-state index contributed by atoms with van der Waals surface area (Å²) >= 11 is 0. The summed E-state index contributed by atoms with van der Waals surface area (Å²) < 4.78 is 40.7. The van der Waals surface area contributed by atoms with Gasteiger partial charge in [0.25, 0.3) is 5.91 Å². The number of carbonyl (C=O) groups excluding carboxylic acids is 1. The number of alkyl halides is 3. The number of imidazole rings is 1. The van der Waals surface area contributed by atoms with Gasteiger partial charge in [0.15, 0.2) is 0 Å². The molecule has 0 fully saturated rings. The highest BCUT2D eigenvalue weighted by Gasteiger charge is 2.34. The van der Waals surface area contributed by atoms with Crippen molar-refractivity contribution in [1.82, 2.24) is 19.5 Å². The highest BCUT2D eigenvalue weighted by Crippen LogP contribution is 2.32. The molecule has 3 rings (SSSR count). The van der Waals surface area contributed by atoms with Gasteiger partial charge in [0.1, 0.15) is 6.33 Å². The molecular weight excluding hydrogens is 347 g/mol. The predicted octanol–water partition coefficient (Wildman–Crippen LogP) is 3.55. The first-order chi connectivity index (χ1) is 12.3. The van der Waals surface area contributed by atoms with Gasteiger partial charge < -0.3 is 5.32 Å². The molecular formula is C17H14F3N5O. The van der Waals surface area contributed by atoms with Gasteiger partial charge in [-0.15, -0.1) is 0 Å². The lowest BCUT2D eigenvalue weighted by Gasteiger charge is -2.12. The predicted molar refractivity (Wildman–Crippen MR) is 88.0 cm³/mol. The Labute approximate surface area is 146 Å². The van der Waals surface area contributed by atoms with Crippen LogP contribution in [-0.2, 0) is 6.18 Å². The number of benzene rings is 1. The Morgan fingerprint density at radius 2 is 1.73 bits per heavy atom. The Bertz CT molecular complexity index is 948. The van der Waals surface area contributed by atoms with Crippen LogP contribution in [0.3, 0.4) is 0 Å². The summed E-state index contributed by atoms with van der Waals surface area (Å²) in [4.78, 5) is 24.6. The molecule has 0 radical (unpaired) electrons. The fourth-order valence-corrected chi connectivity index (χ4v) is 2.34. The smallest absolute Gasteiger partial charge is 0.319 e. The summed E-state index contributed by atoms with van der Waals surface area (Å²) in [5, 5.41) is 2.38. The van der Waals surface area contributed by atoms with E-state index < -0.39 is 23.2 Å². The molecule has 0 bridgehead atoms. The van der Waals surface area contributed by atoms with E-state index in [4.69, 9.17) is 0 Å². The second-order valence-electron chi connectivity index (χ2n) is 5.55. The van der Waals surface area contributed by atoms with Crippen LogP contribution in [-0.4, -0.2) is 25.4 Å². The second-order valence-corrected chi connectivity index (χ2v) is 5.55. The van der Waals surface area contributed by atoms with Crippen LogP contribution >= 0.6 is 0 Å². The maximum atomic E-state index is 13.0. The molecule has 0 aliphatic heterocycles. The van der Waals surface area contributed by atoms with Gasteiger partial charge >= 0.3 is 6.18 Å². The van der Waals surface area contributed by atoms with Crippen molar-refractivity contribution in [2.24, 2.45) is 0 Å². The van der Waals surface area contributed by atoms with Crippen molar-refractivity contribution >= 4 is 11.6 Å². The highest BCUT2D eigenvalue weighted by molar-refractivity contribution is 6.05. The number of aryl methyl sites for hydroxylation is 1. The van der Waals surface area contributed by atoms with Gasteiger partial charge in [-0.25, -0.2) is 15.0 Å². The quantitative estimate of drug-likeness (QED) is 0.774. The van der Waals surface area contributed by atoms with E-state index in [2.05, 4.69) is 20.3 Å². The van der Waals surface area contributed by atoms with Crippen LogP contribution in [0.2, 0.25) is 0 Å². The summed E-state index contributed by atoms with van der Waals surface area (Å²) in [7, 11) is 0. The second kappa shape index (κ2) is 6.58. The van der Waals surface area contributed by atoms with E-state index in [1.807, 2.05) is 13.8 Å². The molecule has 0 spiro atoms. The minimum absolute atomic E-state index is 0.185. The van der Waals surface area contributed by atoms with Crippen molar-refractivity contribution in [2.45, 2.75) is 20.0 Å². The van der Waals surface area contributed by atoms with E-state index in [0.717, 1.165) is 23.5 Å². The van der Waals surface area contributed by atoms with Crippen LogP contribution in [0.15, 0.2) is 43.0 Å². The number of anilines is 1. The molecule has 1 aromatic carbocycles. The van der Waals surface area contributed by atoms with Crippen molar-refractivity contribution in [3.63, 3.8) is 0 Å². The molecule has 3 aromatic rings. The summed E-state index contributed by atoms with van der Waals surface area (Å²) in [6, 6.07) is 4.57. The molecule has 1 amide bonds. The summed E-state index contributed by atoms with van der Waals surface area (Å²) in [6.45, 7) is 3.70. The van der Waals surface area contributed by atoms with Crippen LogP contribution in [0, 0.1) is 13.8 Å². The van der Waals surface area contributed by atoms with Gasteiger partial charge in [-0.2, -0.15) is 13.2 Å². The zero-order chi connectivity index (χ0) is 18.9. The molecule has 0 saturated carbocycles. The van der Waals surface area contributed by atoms with Crippen molar-refractivity contribution in [1.29, 1.82) is 0 Å². The third-order valence-corrected chi connectivity index (χ3v) is 3.84. The monoisotopic (exact) mass is 361 g/mol. The maximum absolute atomic E-state index is 13.0. The van der Waals surface area contributed by atoms with Crippen LogP contribution in [0.1, 0.15) is 27.3 Å². The lowest BCUT2D eigenvalue weighted by Crippen LogP contribution is -2.19.